The molecule has 0 aromatic heterocycles. The normalized spacial score (nSPS) is 16.1. The quantitative estimate of drug-likeness (QED) is 0.521. The molecule has 0 saturated carbocycles. The first-order valence-corrected chi connectivity index (χ1v) is 11.5. The molecule has 1 aliphatic rings. The van der Waals surface area contributed by atoms with E-state index in [1.54, 1.807) is 42.5 Å². The summed E-state index contributed by atoms with van der Waals surface area (Å²) in [6, 6.07) is 11.8. The number of sulfonamides is 1. The van der Waals surface area contributed by atoms with Crippen LogP contribution in [0.25, 0.3) is 0 Å². The number of benzene rings is 2. The molecule has 0 spiro atoms. The zero-order valence-electron chi connectivity index (χ0n) is 16.4. The summed E-state index contributed by atoms with van der Waals surface area (Å²) in [6.07, 6.45) is 1.45. The van der Waals surface area contributed by atoms with Crippen LogP contribution in [0.3, 0.4) is 0 Å². The number of hydrazone groups is 1. The van der Waals surface area contributed by atoms with Crippen LogP contribution >= 0.6 is 23.2 Å². The van der Waals surface area contributed by atoms with E-state index in [9.17, 15) is 13.2 Å². The molecule has 0 radical (unpaired) electrons. The number of rotatable bonds is 6. The van der Waals surface area contributed by atoms with E-state index in [1.165, 1.54) is 10.5 Å². The predicted molar refractivity (Wildman–Crippen MR) is 119 cm³/mol. The van der Waals surface area contributed by atoms with E-state index in [0.29, 0.717) is 41.8 Å². The smallest absolute Gasteiger partial charge is 0.254 e. The number of piperazine rings is 1. The Morgan fingerprint density at radius 1 is 1.10 bits per heavy atom. The number of aryl methyl sites for hydroxylation is 1. The van der Waals surface area contributed by atoms with Gasteiger partial charge in [-0.3, -0.25) is 9.69 Å². The minimum atomic E-state index is -3.52. The lowest BCUT2D eigenvalue weighted by atomic mass is 10.2. The van der Waals surface area contributed by atoms with Crippen molar-refractivity contribution in [2.75, 3.05) is 32.7 Å². The summed E-state index contributed by atoms with van der Waals surface area (Å²) in [5.74, 6) is -0.286. The Bertz CT molecular complexity index is 1030. The van der Waals surface area contributed by atoms with Crippen molar-refractivity contribution in [3.8, 4) is 0 Å². The molecule has 3 rings (SSSR count). The molecule has 1 heterocycles. The molecule has 1 aliphatic heterocycles. The zero-order valence-corrected chi connectivity index (χ0v) is 18.7. The maximum absolute atomic E-state index is 12.7. The van der Waals surface area contributed by atoms with Gasteiger partial charge < -0.3 is 0 Å². The monoisotopic (exact) mass is 468 g/mol. The van der Waals surface area contributed by atoms with E-state index >= 15 is 0 Å². The number of hydrogen-bond acceptors (Lipinski definition) is 5. The molecule has 30 heavy (non-hydrogen) atoms. The molecule has 0 atom stereocenters. The van der Waals surface area contributed by atoms with Gasteiger partial charge in [-0.2, -0.15) is 9.41 Å². The molecule has 0 aliphatic carbocycles. The predicted octanol–water partition coefficient (Wildman–Crippen LogP) is 2.76. The van der Waals surface area contributed by atoms with Gasteiger partial charge >= 0.3 is 0 Å². The number of nitrogens with zero attached hydrogens (tertiary/aromatic N) is 3. The zero-order chi connectivity index (χ0) is 21.7. The van der Waals surface area contributed by atoms with Crippen molar-refractivity contribution in [3.05, 3.63) is 63.6 Å². The summed E-state index contributed by atoms with van der Waals surface area (Å²) < 4.78 is 26.9. The highest BCUT2D eigenvalue weighted by molar-refractivity contribution is 7.89. The topological polar surface area (TPSA) is 82.1 Å². The van der Waals surface area contributed by atoms with Crippen molar-refractivity contribution in [1.29, 1.82) is 0 Å². The number of carbonyl (C=O) groups excluding carboxylic acids is 1. The van der Waals surface area contributed by atoms with Crippen LogP contribution in [0.1, 0.15) is 11.1 Å². The molecule has 10 heteroatoms. The third kappa shape index (κ3) is 5.80. The second-order valence-electron chi connectivity index (χ2n) is 6.95. The van der Waals surface area contributed by atoms with Crippen molar-refractivity contribution in [2.24, 2.45) is 5.10 Å². The lowest BCUT2D eigenvalue weighted by Crippen LogP contribution is -2.50. The molecule has 2 aromatic carbocycles. The van der Waals surface area contributed by atoms with E-state index in [1.807, 2.05) is 11.8 Å². The van der Waals surface area contributed by atoms with Gasteiger partial charge in [0.05, 0.1) is 22.7 Å². The fraction of sp³-hybridized carbons (Fsp3) is 0.300. The van der Waals surface area contributed by atoms with E-state index in [2.05, 4.69) is 10.5 Å². The number of carbonyl (C=O) groups is 1. The van der Waals surface area contributed by atoms with Crippen LogP contribution in [0.15, 0.2) is 52.5 Å². The minimum Gasteiger partial charge on any atom is -0.292 e. The molecule has 1 N–H and O–H groups in total. The number of hydrogen-bond donors (Lipinski definition) is 1. The SMILES string of the molecule is Cc1ccc(S(=O)(=O)N2CCN(CC(=O)N/N=C/c3ccc(Cl)cc3Cl)CC2)cc1. The van der Waals surface area contributed by atoms with Gasteiger partial charge in [-0.15, -0.1) is 0 Å². The lowest BCUT2D eigenvalue weighted by Gasteiger charge is -2.33. The summed E-state index contributed by atoms with van der Waals surface area (Å²) >= 11 is 11.9. The third-order valence-corrected chi connectivity index (χ3v) is 7.19. The van der Waals surface area contributed by atoms with Crippen LogP contribution in [-0.4, -0.2) is 62.5 Å². The highest BCUT2D eigenvalue weighted by Crippen LogP contribution is 2.20. The van der Waals surface area contributed by atoms with Crippen molar-refractivity contribution in [3.63, 3.8) is 0 Å². The number of amides is 1. The minimum absolute atomic E-state index is 0.129. The van der Waals surface area contributed by atoms with Gasteiger partial charge in [-0.1, -0.05) is 47.0 Å². The first-order valence-electron chi connectivity index (χ1n) is 9.32. The summed E-state index contributed by atoms with van der Waals surface area (Å²) in [5, 5.41) is 4.87. The molecule has 7 nitrogen and oxygen atoms in total. The molecular formula is C20H22Cl2N4O3S. The molecule has 0 bridgehead atoms. The molecule has 160 valence electrons. The first kappa shape index (κ1) is 22.7. The van der Waals surface area contributed by atoms with Crippen molar-refractivity contribution in [2.45, 2.75) is 11.8 Å². The van der Waals surface area contributed by atoms with Crippen molar-refractivity contribution < 1.29 is 13.2 Å². The molecule has 1 amide bonds. The Kier molecular flexibility index (Phi) is 7.49. The van der Waals surface area contributed by atoms with Gasteiger partial charge in [-0.25, -0.2) is 13.8 Å². The lowest BCUT2D eigenvalue weighted by molar-refractivity contribution is -0.122. The van der Waals surface area contributed by atoms with E-state index in [-0.39, 0.29) is 17.3 Å². The molecule has 1 saturated heterocycles. The standard InChI is InChI=1S/C20H22Cl2N4O3S/c1-15-2-6-18(7-3-15)30(28,29)26-10-8-25(9-11-26)14-20(27)24-23-13-16-4-5-17(21)12-19(16)22/h2-7,12-13H,8-11,14H2,1H3,(H,24,27)/b23-13+. The van der Waals surface area contributed by atoms with Crippen molar-refractivity contribution >= 4 is 45.3 Å². The fourth-order valence-electron chi connectivity index (χ4n) is 3.01. The highest BCUT2D eigenvalue weighted by atomic mass is 35.5. The van der Waals surface area contributed by atoms with Crippen LogP contribution in [0, 0.1) is 6.92 Å². The van der Waals surface area contributed by atoms with Crippen LogP contribution in [0.4, 0.5) is 0 Å². The van der Waals surface area contributed by atoms with Crippen LogP contribution in [0.2, 0.25) is 10.0 Å². The van der Waals surface area contributed by atoms with Crippen molar-refractivity contribution in [1.82, 2.24) is 14.6 Å². The Labute approximate surface area is 186 Å². The second kappa shape index (κ2) is 9.89. The Morgan fingerprint density at radius 3 is 2.40 bits per heavy atom. The summed E-state index contributed by atoms with van der Waals surface area (Å²) in [6.45, 7) is 3.62. The fourth-order valence-corrected chi connectivity index (χ4v) is 4.89. The Morgan fingerprint density at radius 2 is 1.77 bits per heavy atom. The van der Waals surface area contributed by atoms with Gasteiger partial charge in [-0.05, 0) is 31.2 Å². The van der Waals surface area contributed by atoms with Gasteiger partial charge in [0, 0.05) is 36.8 Å². The Balaban J connectivity index is 1.48. The summed E-state index contributed by atoms with van der Waals surface area (Å²) in [7, 11) is -3.52. The largest absolute Gasteiger partial charge is 0.292 e. The average molecular weight is 469 g/mol. The van der Waals surface area contributed by atoms with Gasteiger partial charge in [0.2, 0.25) is 10.0 Å². The van der Waals surface area contributed by atoms with Crippen LogP contribution in [-0.2, 0) is 14.8 Å². The van der Waals surface area contributed by atoms with Gasteiger partial charge in [0.25, 0.3) is 5.91 Å². The third-order valence-electron chi connectivity index (χ3n) is 4.71. The summed E-state index contributed by atoms with van der Waals surface area (Å²) in [4.78, 5) is 14.3. The Hall–Kier alpha value is -1.97. The van der Waals surface area contributed by atoms with E-state index in [4.69, 9.17) is 23.2 Å². The van der Waals surface area contributed by atoms with Gasteiger partial charge in [0.15, 0.2) is 0 Å². The van der Waals surface area contributed by atoms with E-state index < -0.39 is 10.0 Å². The molecule has 0 unspecified atom stereocenters. The van der Waals surface area contributed by atoms with E-state index in [0.717, 1.165) is 5.56 Å². The van der Waals surface area contributed by atoms with Crippen LogP contribution in [0.5, 0.6) is 0 Å². The summed E-state index contributed by atoms with van der Waals surface area (Å²) in [5.41, 5.74) is 4.10. The highest BCUT2D eigenvalue weighted by Gasteiger charge is 2.28. The molecule has 1 fully saturated rings. The van der Waals surface area contributed by atoms with Crippen LogP contribution < -0.4 is 5.43 Å². The van der Waals surface area contributed by atoms with Gasteiger partial charge in [0.1, 0.15) is 0 Å². The maximum atomic E-state index is 12.7. The second-order valence-corrected chi connectivity index (χ2v) is 9.73. The number of nitrogens with one attached hydrogen (secondary N) is 1. The molecular weight excluding hydrogens is 447 g/mol. The molecule has 2 aromatic rings. The maximum Gasteiger partial charge on any atom is 0.254 e. The average Bonchev–Trinajstić information content (AvgIpc) is 2.70. The number of halogens is 2. The first-order chi connectivity index (χ1) is 14.3.